The average molecular weight is 216 g/mol. The van der Waals surface area contributed by atoms with E-state index in [-0.39, 0.29) is 24.3 Å². The van der Waals surface area contributed by atoms with E-state index in [1.807, 2.05) is 6.07 Å². The molecule has 3 heteroatoms. The second-order valence-corrected chi connectivity index (χ2v) is 3.84. The first-order chi connectivity index (χ1) is 6.25. The SMILES string of the molecule is Cl.N[C@@H](CC1CC1)c1cccc(F)c1. The van der Waals surface area contributed by atoms with Gasteiger partial charge in [0.1, 0.15) is 5.82 Å². The van der Waals surface area contributed by atoms with Gasteiger partial charge in [-0.25, -0.2) is 4.39 Å². The molecular formula is C11H15ClFN. The second kappa shape index (κ2) is 4.76. The van der Waals surface area contributed by atoms with Crippen LogP contribution in [0.1, 0.15) is 30.9 Å². The topological polar surface area (TPSA) is 26.0 Å². The Kier molecular flexibility index (Phi) is 3.90. The summed E-state index contributed by atoms with van der Waals surface area (Å²) in [7, 11) is 0. The van der Waals surface area contributed by atoms with Crippen molar-refractivity contribution in [2.24, 2.45) is 11.7 Å². The molecular weight excluding hydrogens is 201 g/mol. The Balaban J connectivity index is 0.000000980. The smallest absolute Gasteiger partial charge is 0.123 e. The highest BCUT2D eigenvalue weighted by atomic mass is 35.5. The Bertz CT molecular complexity index is 299. The van der Waals surface area contributed by atoms with E-state index >= 15 is 0 Å². The number of rotatable bonds is 3. The molecule has 0 radical (unpaired) electrons. The molecule has 1 aliphatic carbocycles. The van der Waals surface area contributed by atoms with E-state index in [1.54, 1.807) is 6.07 Å². The van der Waals surface area contributed by atoms with Crippen molar-refractivity contribution in [2.45, 2.75) is 25.3 Å². The molecule has 1 nitrogen and oxygen atoms in total. The number of hydrogen-bond donors (Lipinski definition) is 1. The summed E-state index contributed by atoms with van der Waals surface area (Å²) in [5.74, 6) is 0.599. The van der Waals surface area contributed by atoms with E-state index in [2.05, 4.69) is 0 Å². The summed E-state index contributed by atoms with van der Waals surface area (Å²) in [5, 5.41) is 0. The molecule has 1 aromatic carbocycles. The molecule has 1 atom stereocenters. The fraction of sp³-hybridized carbons (Fsp3) is 0.455. The van der Waals surface area contributed by atoms with E-state index in [0.717, 1.165) is 17.9 Å². The van der Waals surface area contributed by atoms with Crippen LogP contribution in [0.3, 0.4) is 0 Å². The van der Waals surface area contributed by atoms with Gasteiger partial charge in [0.15, 0.2) is 0 Å². The molecule has 0 bridgehead atoms. The number of halogens is 2. The number of benzene rings is 1. The predicted octanol–water partition coefficient (Wildman–Crippen LogP) is 3.05. The third-order valence-corrected chi connectivity index (χ3v) is 2.56. The first kappa shape index (κ1) is 11.5. The van der Waals surface area contributed by atoms with Crippen molar-refractivity contribution in [3.05, 3.63) is 35.6 Å². The molecule has 2 rings (SSSR count). The predicted molar refractivity (Wildman–Crippen MR) is 57.9 cm³/mol. The summed E-state index contributed by atoms with van der Waals surface area (Å²) in [6.45, 7) is 0. The minimum absolute atomic E-state index is 0. The Morgan fingerprint density at radius 2 is 2.14 bits per heavy atom. The lowest BCUT2D eigenvalue weighted by Crippen LogP contribution is -2.10. The Labute approximate surface area is 89.9 Å². The van der Waals surface area contributed by atoms with E-state index in [1.165, 1.54) is 25.0 Å². The minimum Gasteiger partial charge on any atom is -0.324 e. The summed E-state index contributed by atoms with van der Waals surface area (Å²) in [6, 6.07) is 6.62. The average Bonchev–Trinajstić information content (AvgIpc) is 2.88. The van der Waals surface area contributed by atoms with Crippen LogP contribution in [0.4, 0.5) is 4.39 Å². The third-order valence-electron chi connectivity index (χ3n) is 2.56. The minimum atomic E-state index is -0.191. The summed E-state index contributed by atoms with van der Waals surface area (Å²) in [6.07, 6.45) is 3.59. The van der Waals surface area contributed by atoms with Crippen LogP contribution in [0.25, 0.3) is 0 Å². The number of hydrogen-bond acceptors (Lipinski definition) is 1. The zero-order valence-electron chi connectivity index (χ0n) is 7.95. The van der Waals surface area contributed by atoms with Gasteiger partial charge in [0.25, 0.3) is 0 Å². The Morgan fingerprint density at radius 1 is 1.43 bits per heavy atom. The largest absolute Gasteiger partial charge is 0.324 e. The van der Waals surface area contributed by atoms with Crippen molar-refractivity contribution >= 4 is 12.4 Å². The maximum Gasteiger partial charge on any atom is 0.123 e. The van der Waals surface area contributed by atoms with Gasteiger partial charge in [-0.05, 0) is 30.0 Å². The highest BCUT2D eigenvalue weighted by molar-refractivity contribution is 5.85. The molecule has 0 aliphatic heterocycles. The van der Waals surface area contributed by atoms with Gasteiger partial charge in [0.2, 0.25) is 0 Å². The van der Waals surface area contributed by atoms with Crippen LogP contribution in [-0.2, 0) is 0 Å². The highest BCUT2D eigenvalue weighted by Crippen LogP contribution is 2.36. The Morgan fingerprint density at radius 3 is 2.71 bits per heavy atom. The summed E-state index contributed by atoms with van der Waals surface area (Å²) in [4.78, 5) is 0. The lowest BCUT2D eigenvalue weighted by molar-refractivity contribution is 0.583. The van der Waals surface area contributed by atoms with Gasteiger partial charge in [-0.2, -0.15) is 0 Å². The molecule has 0 amide bonds. The van der Waals surface area contributed by atoms with Crippen molar-refractivity contribution in [1.29, 1.82) is 0 Å². The van der Waals surface area contributed by atoms with Gasteiger partial charge in [-0.3, -0.25) is 0 Å². The van der Waals surface area contributed by atoms with Crippen LogP contribution in [0.2, 0.25) is 0 Å². The first-order valence-corrected chi connectivity index (χ1v) is 4.77. The maximum absolute atomic E-state index is 12.8. The van der Waals surface area contributed by atoms with Crippen molar-refractivity contribution in [2.75, 3.05) is 0 Å². The van der Waals surface area contributed by atoms with Gasteiger partial charge in [-0.15, -0.1) is 12.4 Å². The number of nitrogens with two attached hydrogens (primary N) is 1. The highest BCUT2D eigenvalue weighted by Gasteiger charge is 2.24. The molecule has 0 spiro atoms. The van der Waals surface area contributed by atoms with E-state index < -0.39 is 0 Å². The lowest BCUT2D eigenvalue weighted by Gasteiger charge is -2.10. The Hall–Kier alpha value is -0.600. The zero-order valence-corrected chi connectivity index (χ0v) is 8.77. The maximum atomic E-state index is 12.8. The molecule has 1 saturated carbocycles. The molecule has 0 heterocycles. The fourth-order valence-corrected chi connectivity index (χ4v) is 1.59. The van der Waals surface area contributed by atoms with Crippen molar-refractivity contribution in [3.63, 3.8) is 0 Å². The summed E-state index contributed by atoms with van der Waals surface area (Å²) >= 11 is 0. The molecule has 1 aliphatic rings. The van der Waals surface area contributed by atoms with Crippen LogP contribution >= 0.6 is 12.4 Å². The van der Waals surface area contributed by atoms with Gasteiger partial charge in [-0.1, -0.05) is 25.0 Å². The van der Waals surface area contributed by atoms with Crippen molar-refractivity contribution < 1.29 is 4.39 Å². The quantitative estimate of drug-likeness (QED) is 0.824. The lowest BCUT2D eigenvalue weighted by atomic mass is 10.0. The first-order valence-electron chi connectivity index (χ1n) is 4.77. The molecule has 0 aromatic heterocycles. The van der Waals surface area contributed by atoms with E-state index in [0.29, 0.717) is 0 Å². The van der Waals surface area contributed by atoms with E-state index in [4.69, 9.17) is 5.73 Å². The van der Waals surface area contributed by atoms with Crippen molar-refractivity contribution in [1.82, 2.24) is 0 Å². The van der Waals surface area contributed by atoms with Crippen LogP contribution in [-0.4, -0.2) is 0 Å². The van der Waals surface area contributed by atoms with Gasteiger partial charge in [0, 0.05) is 6.04 Å². The molecule has 14 heavy (non-hydrogen) atoms. The van der Waals surface area contributed by atoms with Gasteiger partial charge >= 0.3 is 0 Å². The molecule has 0 unspecified atom stereocenters. The van der Waals surface area contributed by atoms with Gasteiger partial charge < -0.3 is 5.73 Å². The van der Waals surface area contributed by atoms with E-state index in [9.17, 15) is 4.39 Å². The fourth-order valence-electron chi connectivity index (χ4n) is 1.59. The van der Waals surface area contributed by atoms with Gasteiger partial charge in [0.05, 0.1) is 0 Å². The molecule has 0 saturated heterocycles. The van der Waals surface area contributed by atoms with Crippen LogP contribution in [0, 0.1) is 11.7 Å². The van der Waals surface area contributed by atoms with Crippen LogP contribution in [0.15, 0.2) is 24.3 Å². The van der Waals surface area contributed by atoms with Crippen LogP contribution < -0.4 is 5.73 Å². The molecule has 1 aromatic rings. The standard InChI is InChI=1S/C11H14FN.ClH/c12-10-3-1-2-9(7-10)11(13)6-8-4-5-8;/h1-3,7-8,11H,4-6,13H2;1H/t11-;/m0./s1. The normalized spacial score (nSPS) is 17.3. The monoisotopic (exact) mass is 215 g/mol. The third kappa shape index (κ3) is 2.96. The second-order valence-electron chi connectivity index (χ2n) is 3.84. The molecule has 2 N–H and O–H groups in total. The molecule has 1 fully saturated rings. The summed E-state index contributed by atoms with van der Waals surface area (Å²) in [5.41, 5.74) is 6.86. The summed E-state index contributed by atoms with van der Waals surface area (Å²) < 4.78 is 12.8. The van der Waals surface area contributed by atoms with Crippen molar-refractivity contribution in [3.8, 4) is 0 Å². The zero-order chi connectivity index (χ0) is 9.26. The molecule has 78 valence electrons. The van der Waals surface area contributed by atoms with Crippen LogP contribution in [0.5, 0.6) is 0 Å².